The van der Waals surface area contributed by atoms with Crippen molar-refractivity contribution < 1.29 is 10.2 Å². The highest BCUT2D eigenvalue weighted by molar-refractivity contribution is 5.48. The Morgan fingerprint density at radius 2 is 1.74 bits per heavy atom. The molecule has 2 N–H and O–H groups in total. The molecule has 2 nitrogen and oxygen atoms in total. The van der Waals surface area contributed by atoms with Crippen LogP contribution in [0.1, 0.15) is 35.4 Å². The lowest BCUT2D eigenvalue weighted by Crippen LogP contribution is -2.12. The molecule has 0 radical (unpaired) electrons. The molecule has 0 fully saturated rings. The summed E-state index contributed by atoms with van der Waals surface area (Å²) < 4.78 is 0. The molecule has 0 aromatic heterocycles. The van der Waals surface area contributed by atoms with E-state index in [2.05, 4.69) is 24.3 Å². The Kier molecular flexibility index (Phi) is 3.16. The van der Waals surface area contributed by atoms with Gasteiger partial charge in [-0.3, -0.25) is 0 Å². The fraction of sp³-hybridized carbons (Fsp3) is 0.294. The first-order valence-corrected chi connectivity index (χ1v) is 6.82. The average Bonchev–Trinajstić information content (AvgIpc) is 2.42. The van der Waals surface area contributed by atoms with Gasteiger partial charge in [-0.25, -0.2) is 0 Å². The fourth-order valence-electron chi connectivity index (χ4n) is 3.04. The lowest BCUT2D eigenvalue weighted by Gasteiger charge is -2.26. The fourth-order valence-corrected chi connectivity index (χ4v) is 3.04. The summed E-state index contributed by atoms with van der Waals surface area (Å²) in [7, 11) is 0. The van der Waals surface area contributed by atoms with Gasteiger partial charge in [-0.05, 0) is 60.4 Å². The van der Waals surface area contributed by atoms with E-state index < -0.39 is 0 Å². The van der Waals surface area contributed by atoms with E-state index in [1.807, 2.05) is 6.07 Å². The molecule has 0 saturated heterocycles. The Bertz CT molecular complexity index is 575. The Morgan fingerprint density at radius 3 is 2.53 bits per heavy atom. The van der Waals surface area contributed by atoms with Crippen molar-refractivity contribution in [3.8, 4) is 11.5 Å². The van der Waals surface area contributed by atoms with Gasteiger partial charge in [-0.1, -0.05) is 30.3 Å². The number of hydrogen-bond acceptors (Lipinski definition) is 2. The zero-order valence-electron chi connectivity index (χ0n) is 10.8. The lowest BCUT2D eigenvalue weighted by atomic mass is 9.79. The summed E-state index contributed by atoms with van der Waals surface area (Å²) in [5.41, 5.74) is 3.71. The van der Waals surface area contributed by atoms with Gasteiger partial charge in [0.25, 0.3) is 0 Å². The van der Waals surface area contributed by atoms with Crippen LogP contribution in [0, 0.1) is 0 Å². The zero-order chi connectivity index (χ0) is 13.2. The lowest BCUT2D eigenvalue weighted by molar-refractivity contribution is 0.400. The van der Waals surface area contributed by atoms with Gasteiger partial charge in [0.15, 0.2) is 11.5 Å². The topological polar surface area (TPSA) is 40.5 Å². The predicted octanol–water partition coefficient (Wildman–Crippen LogP) is 3.76. The van der Waals surface area contributed by atoms with Crippen molar-refractivity contribution in [3.05, 3.63) is 59.2 Å². The smallest absolute Gasteiger partial charge is 0.157 e. The number of hydrogen-bond donors (Lipinski definition) is 2. The van der Waals surface area contributed by atoms with Crippen molar-refractivity contribution in [1.82, 2.24) is 0 Å². The number of aromatic hydroxyl groups is 2. The van der Waals surface area contributed by atoms with Crippen molar-refractivity contribution in [2.75, 3.05) is 0 Å². The first kappa shape index (κ1) is 12.1. The predicted molar refractivity (Wildman–Crippen MR) is 75.6 cm³/mol. The molecule has 2 aromatic carbocycles. The van der Waals surface area contributed by atoms with E-state index >= 15 is 0 Å². The van der Waals surface area contributed by atoms with Gasteiger partial charge in [-0.2, -0.15) is 0 Å². The third kappa shape index (κ3) is 2.43. The minimum absolute atomic E-state index is 0.000823. The third-order valence-corrected chi connectivity index (χ3v) is 4.00. The van der Waals surface area contributed by atoms with Gasteiger partial charge in [0.2, 0.25) is 0 Å². The molecular weight excluding hydrogens is 236 g/mol. The summed E-state index contributed by atoms with van der Waals surface area (Å²) in [5.74, 6) is 0.440. The molecule has 0 bridgehead atoms. The molecule has 0 spiro atoms. The maximum absolute atomic E-state index is 9.71. The van der Waals surface area contributed by atoms with Crippen LogP contribution in [0.2, 0.25) is 0 Å². The van der Waals surface area contributed by atoms with Crippen molar-refractivity contribution >= 4 is 0 Å². The van der Waals surface area contributed by atoms with Crippen LogP contribution < -0.4 is 0 Å². The normalized spacial score (nSPS) is 18.0. The Morgan fingerprint density at radius 1 is 1.00 bits per heavy atom. The summed E-state index contributed by atoms with van der Waals surface area (Å²) in [5, 5.41) is 19.3. The second-order valence-electron chi connectivity index (χ2n) is 5.32. The molecule has 1 atom stereocenters. The van der Waals surface area contributed by atoms with Crippen LogP contribution in [-0.2, 0) is 12.8 Å². The molecule has 1 aliphatic carbocycles. The maximum atomic E-state index is 9.71. The Hall–Kier alpha value is -1.96. The standard InChI is InChI=1S/C17H18O2/c18-16-10-14-8-4-7-13(15(14)11-17(16)19)9-12-5-2-1-3-6-12/h1-3,5-6,10-11,13,18-19H,4,7-9H2. The highest BCUT2D eigenvalue weighted by Crippen LogP contribution is 2.39. The van der Waals surface area contributed by atoms with Crippen LogP contribution in [0.4, 0.5) is 0 Å². The number of rotatable bonds is 2. The zero-order valence-corrected chi connectivity index (χ0v) is 10.8. The summed E-state index contributed by atoms with van der Waals surface area (Å²) >= 11 is 0. The molecule has 2 heteroatoms. The van der Waals surface area contributed by atoms with Crippen LogP contribution in [0.25, 0.3) is 0 Å². The summed E-state index contributed by atoms with van der Waals surface area (Å²) in [6.07, 6.45) is 4.29. The van der Waals surface area contributed by atoms with Gasteiger partial charge in [0, 0.05) is 0 Å². The van der Waals surface area contributed by atoms with Gasteiger partial charge in [0.05, 0.1) is 0 Å². The first-order valence-electron chi connectivity index (χ1n) is 6.82. The van der Waals surface area contributed by atoms with Crippen LogP contribution in [0.15, 0.2) is 42.5 Å². The average molecular weight is 254 g/mol. The number of phenolic OH excluding ortho intramolecular Hbond substituents is 2. The molecule has 0 heterocycles. The van der Waals surface area contributed by atoms with Crippen LogP contribution in [0.3, 0.4) is 0 Å². The van der Waals surface area contributed by atoms with E-state index in [4.69, 9.17) is 0 Å². The minimum atomic E-state index is -0.00119. The van der Waals surface area contributed by atoms with E-state index in [0.717, 1.165) is 25.7 Å². The van der Waals surface area contributed by atoms with Crippen molar-refractivity contribution in [1.29, 1.82) is 0 Å². The second kappa shape index (κ2) is 4.96. The first-order chi connectivity index (χ1) is 9.24. The molecule has 98 valence electrons. The summed E-state index contributed by atoms with van der Waals surface area (Å²) in [6, 6.07) is 13.9. The molecule has 0 amide bonds. The summed E-state index contributed by atoms with van der Waals surface area (Å²) in [4.78, 5) is 0. The monoisotopic (exact) mass is 254 g/mol. The largest absolute Gasteiger partial charge is 0.504 e. The molecule has 0 saturated carbocycles. The second-order valence-corrected chi connectivity index (χ2v) is 5.32. The molecule has 0 aliphatic heterocycles. The number of fused-ring (bicyclic) bond motifs is 1. The van der Waals surface area contributed by atoms with Crippen LogP contribution in [-0.4, -0.2) is 10.2 Å². The molecule has 3 rings (SSSR count). The van der Waals surface area contributed by atoms with Gasteiger partial charge in [0.1, 0.15) is 0 Å². The van der Waals surface area contributed by atoms with Crippen molar-refractivity contribution in [2.45, 2.75) is 31.6 Å². The highest BCUT2D eigenvalue weighted by Gasteiger charge is 2.22. The maximum Gasteiger partial charge on any atom is 0.157 e. The van der Waals surface area contributed by atoms with Crippen molar-refractivity contribution in [2.24, 2.45) is 0 Å². The molecule has 1 aliphatic rings. The van der Waals surface area contributed by atoms with Crippen molar-refractivity contribution in [3.63, 3.8) is 0 Å². The van der Waals surface area contributed by atoms with E-state index in [1.165, 1.54) is 16.7 Å². The molecule has 2 aromatic rings. The van der Waals surface area contributed by atoms with E-state index in [9.17, 15) is 10.2 Å². The quantitative estimate of drug-likeness (QED) is 0.801. The minimum Gasteiger partial charge on any atom is -0.504 e. The Labute approximate surface area is 113 Å². The third-order valence-electron chi connectivity index (χ3n) is 4.00. The number of aryl methyl sites for hydroxylation is 1. The van der Waals surface area contributed by atoms with Gasteiger partial charge < -0.3 is 10.2 Å². The van der Waals surface area contributed by atoms with Crippen LogP contribution in [0.5, 0.6) is 11.5 Å². The number of benzene rings is 2. The van der Waals surface area contributed by atoms with Gasteiger partial charge in [-0.15, -0.1) is 0 Å². The van der Waals surface area contributed by atoms with Gasteiger partial charge >= 0.3 is 0 Å². The van der Waals surface area contributed by atoms with E-state index in [0.29, 0.717) is 5.92 Å². The molecule has 1 unspecified atom stereocenters. The summed E-state index contributed by atoms with van der Waals surface area (Å²) in [6.45, 7) is 0. The molecule has 19 heavy (non-hydrogen) atoms. The van der Waals surface area contributed by atoms with E-state index in [-0.39, 0.29) is 11.5 Å². The molecular formula is C17H18O2. The number of phenols is 2. The van der Waals surface area contributed by atoms with E-state index in [1.54, 1.807) is 12.1 Å². The highest BCUT2D eigenvalue weighted by atomic mass is 16.3. The van der Waals surface area contributed by atoms with Crippen LogP contribution >= 0.6 is 0 Å². The Balaban J connectivity index is 1.92. The SMILES string of the molecule is Oc1cc2c(cc1O)C(Cc1ccccc1)CCC2.